The molecule has 0 aliphatic carbocycles. The molecule has 3 nitrogen and oxygen atoms in total. The molecule has 0 radical (unpaired) electrons. The lowest BCUT2D eigenvalue weighted by Gasteiger charge is -2.21. The van der Waals surface area contributed by atoms with E-state index in [-0.39, 0.29) is 17.3 Å². The molecule has 0 heterocycles. The van der Waals surface area contributed by atoms with E-state index in [1.165, 1.54) is 0 Å². The highest BCUT2D eigenvalue weighted by atomic mass is 35.5. The Morgan fingerprint density at radius 3 is 2.37 bits per heavy atom. The summed E-state index contributed by atoms with van der Waals surface area (Å²) >= 11 is 5.73. The van der Waals surface area contributed by atoms with Crippen LogP contribution in [-0.4, -0.2) is 12.5 Å². The van der Waals surface area contributed by atoms with Crippen LogP contribution in [0.25, 0.3) is 0 Å². The monoisotopic (exact) mass is 294 g/mol. The summed E-state index contributed by atoms with van der Waals surface area (Å²) in [5.74, 6) is -0.406. The Kier molecular flexibility index (Phi) is 4.47. The van der Waals surface area contributed by atoms with Crippen LogP contribution in [0.5, 0.6) is 0 Å². The summed E-state index contributed by atoms with van der Waals surface area (Å²) in [6.45, 7) is 3.36. The summed E-state index contributed by atoms with van der Waals surface area (Å²) in [5.41, 5.74) is 3.87. The molecule has 0 fully saturated rings. The number of rotatable bonds is 3. The van der Waals surface area contributed by atoms with E-state index in [0.717, 1.165) is 18.2 Å². The normalized spacial score (nSPS) is 12.4. The van der Waals surface area contributed by atoms with Gasteiger partial charge in [-0.2, -0.15) is 13.2 Å². The Bertz CT molecular complexity index is 486. The minimum atomic E-state index is -4.47. The van der Waals surface area contributed by atoms with Gasteiger partial charge in [-0.3, -0.25) is 4.79 Å². The summed E-state index contributed by atoms with van der Waals surface area (Å²) in [5, 5.41) is 2.29. The fraction of sp³-hybridized carbons (Fsp3) is 0.417. The van der Waals surface area contributed by atoms with Crippen LogP contribution in [-0.2, 0) is 11.0 Å². The van der Waals surface area contributed by atoms with E-state index >= 15 is 0 Å². The van der Waals surface area contributed by atoms with Crippen LogP contribution in [0, 0.1) is 5.41 Å². The van der Waals surface area contributed by atoms with Crippen molar-refractivity contribution in [3.8, 4) is 0 Å². The van der Waals surface area contributed by atoms with E-state index in [1.807, 2.05) is 0 Å². The van der Waals surface area contributed by atoms with Crippen molar-refractivity contribution in [2.24, 2.45) is 11.1 Å². The number of benzene rings is 1. The number of halogens is 4. The molecule has 7 heteroatoms. The maximum atomic E-state index is 12.4. The highest BCUT2D eigenvalue weighted by molar-refractivity contribution is 6.33. The number of carbonyl (C=O) groups excluding carboxylic acids is 1. The van der Waals surface area contributed by atoms with Crippen LogP contribution >= 0.6 is 11.6 Å². The fourth-order valence-electron chi connectivity index (χ4n) is 1.18. The first kappa shape index (κ1) is 15.8. The molecule has 3 N–H and O–H groups in total. The molecular formula is C12H14ClF3N2O. The number of hydrogen-bond acceptors (Lipinski definition) is 2. The lowest BCUT2D eigenvalue weighted by Crippen LogP contribution is -2.37. The molecule has 0 aliphatic rings. The van der Waals surface area contributed by atoms with Gasteiger partial charge in [0.05, 0.1) is 21.7 Å². The van der Waals surface area contributed by atoms with E-state index < -0.39 is 23.1 Å². The third-order valence-electron chi connectivity index (χ3n) is 2.67. The third-order valence-corrected chi connectivity index (χ3v) is 2.98. The first-order valence-electron chi connectivity index (χ1n) is 5.46. The number of carbonyl (C=O) groups is 1. The largest absolute Gasteiger partial charge is 0.416 e. The van der Waals surface area contributed by atoms with Crippen molar-refractivity contribution >= 4 is 23.2 Å². The number of hydrogen-bond donors (Lipinski definition) is 2. The molecule has 0 aliphatic heterocycles. The summed E-state index contributed by atoms with van der Waals surface area (Å²) < 4.78 is 37.3. The molecule has 0 saturated heterocycles. The molecule has 1 aromatic rings. The van der Waals surface area contributed by atoms with Gasteiger partial charge in [0.15, 0.2) is 0 Å². The van der Waals surface area contributed by atoms with Crippen LogP contribution in [0.2, 0.25) is 5.02 Å². The predicted molar refractivity (Wildman–Crippen MR) is 67.9 cm³/mol. The van der Waals surface area contributed by atoms with E-state index in [0.29, 0.717) is 0 Å². The number of nitrogens with one attached hydrogen (secondary N) is 1. The van der Waals surface area contributed by atoms with Crippen molar-refractivity contribution in [3.63, 3.8) is 0 Å². The summed E-state index contributed by atoms with van der Waals surface area (Å²) in [4.78, 5) is 11.8. The molecule has 0 aromatic heterocycles. The highest BCUT2D eigenvalue weighted by Gasteiger charge is 2.31. The lowest BCUT2D eigenvalue weighted by molar-refractivity contribution is -0.137. The number of amides is 1. The van der Waals surface area contributed by atoms with Gasteiger partial charge in [0.25, 0.3) is 0 Å². The molecule has 1 aromatic carbocycles. The van der Waals surface area contributed by atoms with Gasteiger partial charge in [-0.25, -0.2) is 0 Å². The van der Waals surface area contributed by atoms with Crippen LogP contribution in [0.3, 0.4) is 0 Å². The average molecular weight is 295 g/mol. The lowest BCUT2D eigenvalue weighted by atomic mass is 9.92. The quantitative estimate of drug-likeness (QED) is 0.899. The zero-order valence-electron chi connectivity index (χ0n) is 10.4. The topological polar surface area (TPSA) is 55.1 Å². The molecule has 106 valence electrons. The highest BCUT2D eigenvalue weighted by Crippen LogP contribution is 2.34. The van der Waals surface area contributed by atoms with E-state index in [9.17, 15) is 18.0 Å². The maximum Gasteiger partial charge on any atom is 0.416 e. The molecule has 1 rings (SSSR count). The van der Waals surface area contributed by atoms with Gasteiger partial charge in [-0.1, -0.05) is 11.6 Å². The number of alkyl halides is 3. The predicted octanol–water partition coefficient (Wildman–Crippen LogP) is 3.28. The van der Waals surface area contributed by atoms with E-state index in [2.05, 4.69) is 5.32 Å². The van der Waals surface area contributed by atoms with Crippen LogP contribution in [0.4, 0.5) is 18.9 Å². The molecule has 0 spiro atoms. The number of anilines is 1. The van der Waals surface area contributed by atoms with Gasteiger partial charge >= 0.3 is 6.18 Å². The third kappa shape index (κ3) is 3.84. The Labute approximate surface area is 113 Å². The van der Waals surface area contributed by atoms with Crippen molar-refractivity contribution in [1.29, 1.82) is 0 Å². The summed E-state index contributed by atoms with van der Waals surface area (Å²) in [6.07, 6.45) is -4.47. The minimum Gasteiger partial charge on any atom is -0.329 e. The second-order valence-electron chi connectivity index (χ2n) is 4.73. The van der Waals surface area contributed by atoms with Crippen molar-refractivity contribution in [3.05, 3.63) is 28.8 Å². The summed E-state index contributed by atoms with van der Waals surface area (Å²) in [7, 11) is 0. The SMILES string of the molecule is CC(C)(CN)C(=O)Nc1ccc(C(F)(F)F)cc1Cl. The van der Waals surface area contributed by atoms with Crippen molar-refractivity contribution in [1.82, 2.24) is 0 Å². The first-order valence-corrected chi connectivity index (χ1v) is 5.84. The molecular weight excluding hydrogens is 281 g/mol. The smallest absolute Gasteiger partial charge is 0.329 e. The molecule has 0 unspecified atom stereocenters. The van der Waals surface area contributed by atoms with Crippen LogP contribution < -0.4 is 11.1 Å². The van der Waals surface area contributed by atoms with Gasteiger partial charge in [-0.15, -0.1) is 0 Å². The molecule has 19 heavy (non-hydrogen) atoms. The van der Waals surface area contributed by atoms with E-state index in [1.54, 1.807) is 13.8 Å². The Balaban J connectivity index is 2.96. The van der Waals surface area contributed by atoms with Gasteiger partial charge in [0, 0.05) is 6.54 Å². The standard InChI is InChI=1S/C12H14ClF3N2O/c1-11(2,6-17)10(19)18-9-4-3-7(5-8(9)13)12(14,15)16/h3-5H,6,17H2,1-2H3,(H,18,19). The Morgan fingerprint density at radius 1 is 1.37 bits per heavy atom. The number of nitrogens with two attached hydrogens (primary N) is 1. The Morgan fingerprint density at radius 2 is 1.95 bits per heavy atom. The molecule has 0 saturated carbocycles. The molecule has 1 amide bonds. The second-order valence-corrected chi connectivity index (χ2v) is 5.14. The van der Waals surface area contributed by atoms with Crippen LogP contribution in [0.1, 0.15) is 19.4 Å². The zero-order chi connectivity index (χ0) is 14.8. The van der Waals surface area contributed by atoms with Gasteiger partial charge in [0.1, 0.15) is 0 Å². The fourth-order valence-corrected chi connectivity index (χ4v) is 1.40. The average Bonchev–Trinajstić information content (AvgIpc) is 2.30. The Hall–Kier alpha value is -1.27. The van der Waals surface area contributed by atoms with Gasteiger partial charge in [-0.05, 0) is 32.0 Å². The maximum absolute atomic E-state index is 12.4. The molecule has 0 bridgehead atoms. The second kappa shape index (κ2) is 5.38. The van der Waals surface area contributed by atoms with Gasteiger partial charge < -0.3 is 11.1 Å². The van der Waals surface area contributed by atoms with Crippen molar-refractivity contribution in [2.75, 3.05) is 11.9 Å². The van der Waals surface area contributed by atoms with Gasteiger partial charge in [0.2, 0.25) is 5.91 Å². The van der Waals surface area contributed by atoms with Crippen molar-refractivity contribution < 1.29 is 18.0 Å². The first-order chi connectivity index (χ1) is 8.58. The van der Waals surface area contributed by atoms with E-state index in [4.69, 9.17) is 17.3 Å². The van der Waals surface area contributed by atoms with Crippen LogP contribution in [0.15, 0.2) is 18.2 Å². The summed E-state index contributed by atoms with van der Waals surface area (Å²) in [6, 6.07) is 2.75. The van der Waals surface area contributed by atoms with Crippen molar-refractivity contribution in [2.45, 2.75) is 20.0 Å². The minimum absolute atomic E-state index is 0.108. The molecule has 0 atom stereocenters. The zero-order valence-corrected chi connectivity index (χ0v) is 11.2.